The molecule has 0 aliphatic rings. The predicted octanol–water partition coefficient (Wildman–Crippen LogP) is 2.60. The van der Waals surface area contributed by atoms with Crippen LogP contribution in [0, 0.1) is 13.8 Å². The number of nitrogens with zero attached hydrogens (tertiary/aromatic N) is 1. The predicted molar refractivity (Wildman–Crippen MR) is 76.1 cm³/mol. The van der Waals surface area contributed by atoms with Crippen molar-refractivity contribution in [3.63, 3.8) is 0 Å². The number of aryl methyl sites for hydroxylation is 2. The summed E-state index contributed by atoms with van der Waals surface area (Å²) in [6.45, 7) is 5.29. The van der Waals surface area contributed by atoms with E-state index in [4.69, 9.17) is 14.0 Å². The van der Waals surface area contributed by atoms with Crippen LogP contribution in [0.15, 0.2) is 22.7 Å². The number of nitrogens with one attached hydrogen (secondary N) is 1. The van der Waals surface area contributed by atoms with Crippen molar-refractivity contribution in [2.45, 2.75) is 26.9 Å². The molecule has 1 aromatic carbocycles. The Labute approximate surface area is 118 Å². The number of hydrogen-bond donors (Lipinski definition) is 1. The van der Waals surface area contributed by atoms with E-state index in [1.807, 2.05) is 32.0 Å². The molecule has 0 spiro atoms. The van der Waals surface area contributed by atoms with Gasteiger partial charge in [0.25, 0.3) is 0 Å². The van der Waals surface area contributed by atoms with Gasteiger partial charge < -0.3 is 19.3 Å². The van der Waals surface area contributed by atoms with Crippen molar-refractivity contribution in [1.82, 2.24) is 10.5 Å². The van der Waals surface area contributed by atoms with E-state index in [-0.39, 0.29) is 0 Å². The summed E-state index contributed by atoms with van der Waals surface area (Å²) in [5.41, 5.74) is 3.12. The second kappa shape index (κ2) is 6.43. The maximum Gasteiger partial charge on any atom is 0.138 e. The molecule has 5 nitrogen and oxygen atoms in total. The SMILES string of the molecule is COc1ccc(CNCc2c(C)noc2C)c(OC)c1. The first kappa shape index (κ1) is 14.4. The molecule has 0 amide bonds. The largest absolute Gasteiger partial charge is 0.497 e. The molecule has 0 aliphatic heterocycles. The van der Waals surface area contributed by atoms with Gasteiger partial charge in [-0.2, -0.15) is 0 Å². The molecule has 0 saturated heterocycles. The minimum atomic E-state index is 0.706. The van der Waals surface area contributed by atoms with E-state index in [1.165, 1.54) is 0 Å². The van der Waals surface area contributed by atoms with Crippen LogP contribution in [0.1, 0.15) is 22.6 Å². The Morgan fingerprint density at radius 1 is 1.15 bits per heavy atom. The van der Waals surface area contributed by atoms with Crippen LogP contribution in [0.5, 0.6) is 11.5 Å². The zero-order valence-corrected chi connectivity index (χ0v) is 12.3. The van der Waals surface area contributed by atoms with Gasteiger partial charge >= 0.3 is 0 Å². The number of aromatic nitrogens is 1. The minimum absolute atomic E-state index is 0.706. The van der Waals surface area contributed by atoms with Gasteiger partial charge in [0, 0.05) is 30.3 Å². The Kier molecular flexibility index (Phi) is 4.63. The van der Waals surface area contributed by atoms with Gasteiger partial charge in [-0.25, -0.2) is 0 Å². The maximum absolute atomic E-state index is 5.37. The fourth-order valence-electron chi connectivity index (χ4n) is 2.07. The molecule has 2 rings (SSSR count). The molecule has 1 heterocycles. The topological polar surface area (TPSA) is 56.5 Å². The molecule has 2 aromatic rings. The molecule has 0 saturated carbocycles. The van der Waals surface area contributed by atoms with Crippen LogP contribution < -0.4 is 14.8 Å². The standard InChI is InChI=1S/C15H20N2O3/c1-10-14(11(2)20-17-10)9-16-8-12-5-6-13(18-3)7-15(12)19-4/h5-7,16H,8-9H2,1-4H3. The van der Waals surface area contributed by atoms with Crippen molar-refractivity contribution < 1.29 is 14.0 Å². The molecule has 5 heteroatoms. The number of ether oxygens (including phenoxy) is 2. The second-order valence-corrected chi connectivity index (χ2v) is 4.58. The molecule has 0 bridgehead atoms. The Morgan fingerprint density at radius 3 is 2.55 bits per heavy atom. The molecule has 20 heavy (non-hydrogen) atoms. The van der Waals surface area contributed by atoms with Gasteiger partial charge in [0.1, 0.15) is 17.3 Å². The summed E-state index contributed by atoms with van der Waals surface area (Å²) < 4.78 is 15.7. The van der Waals surface area contributed by atoms with Crippen LogP contribution in [-0.4, -0.2) is 19.4 Å². The average Bonchev–Trinajstić information content (AvgIpc) is 2.79. The van der Waals surface area contributed by atoms with E-state index in [2.05, 4.69) is 10.5 Å². The van der Waals surface area contributed by atoms with E-state index in [9.17, 15) is 0 Å². The number of benzene rings is 1. The molecular weight excluding hydrogens is 256 g/mol. The molecule has 0 unspecified atom stereocenters. The van der Waals surface area contributed by atoms with E-state index >= 15 is 0 Å². The summed E-state index contributed by atoms with van der Waals surface area (Å²) in [4.78, 5) is 0. The quantitative estimate of drug-likeness (QED) is 0.879. The molecule has 108 valence electrons. The summed E-state index contributed by atoms with van der Waals surface area (Å²) in [5, 5.41) is 7.32. The summed E-state index contributed by atoms with van der Waals surface area (Å²) >= 11 is 0. The first-order chi connectivity index (χ1) is 9.65. The molecule has 1 N–H and O–H groups in total. The summed E-state index contributed by atoms with van der Waals surface area (Å²) in [6.07, 6.45) is 0. The van der Waals surface area contributed by atoms with Crippen molar-refractivity contribution in [2.75, 3.05) is 14.2 Å². The van der Waals surface area contributed by atoms with Crippen LogP contribution in [0.3, 0.4) is 0 Å². The maximum atomic E-state index is 5.37. The highest BCUT2D eigenvalue weighted by atomic mass is 16.5. The third kappa shape index (κ3) is 3.11. The van der Waals surface area contributed by atoms with E-state index in [0.717, 1.165) is 40.6 Å². The smallest absolute Gasteiger partial charge is 0.138 e. The van der Waals surface area contributed by atoms with Gasteiger partial charge in [0.2, 0.25) is 0 Å². The van der Waals surface area contributed by atoms with Gasteiger partial charge in [-0.05, 0) is 19.9 Å². The van der Waals surface area contributed by atoms with E-state index < -0.39 is 0 Å². The van der Waals surface area contributed by atoms with Crippen molar-refractivity contribution in [2.24, 2.45) is 0 Å². The van der Waals surface area contributed by atoms with Crippen LogP contribution in [0.25, 0.3) is 0 Å². The summed E-state index contributed by atoms with van der Waals surface area (Å²) in [6, 6.07) is 5.81. The number of hydrogen-bond acceptors (Lipinski definition) is 5. The lowest BCUT2D eigenvalue weighted by atomic mass is 10.1. The van der Waals surface area contributed by atoms with Gasteiger partial charge in [0.05, 0.1) is 19.9 Å². The number of methoxy groups -OCH3 is 2. The Hall–Kier alpha value is -2.01. The van der Waals surface area contributed by atoms with Crippen LogP contribution in [-0.2, 0) is 13.1 Å². The van der Waals surface area contributed by atoms with Crippen LogP contribution in [0.2, 0.25) is 0 Å². The minimum Gasteiger partial charge on any atom is -0.497 e. The zero-order valence-electron chi connectivity index (χ0n) is 12.3. The Balaban J connectivity index is 2.01. The van der Waals surface area contributed by atoms with Crippen molar-refractivity contribution >= 4 is 0 Å². The molecule has 0 aliphatic carbocycles. The highest BCUT2D eigenvalue weighted by molar-refractivity contribution is 5.40. The van der Waals surface area contributed by atoms with Gasteiger partial charge in [-0.3, -0.25) is 0 Å². The van der Waals surface area contributed by atoms with E-state index in [1.54, 1.807) is 14.2 Å². The van der Waals surface area contributed by atoms with E-state index in [0.29, 0.717) is 6.54 Å². The lowest BCUT2D eigenvalue weighted by molar-refractivity contribution is 0.389. The highest BCUT2D eigenvalue weighted by Gasteiger charge is 2.09. The fourth-order valence-corrected chi connectivity index (χ4v) is 2.07. The van der Waals surface area contributed by atoms with Gasteiger partial charge in [-0.1, -0.05) is 11.2 Å². The third-order valence-electron chi connectivity index (χ3n) is 3.29. The highest BCUT2D eigenvalue weighted by Crippen LogP contribution is 2.24. The van der Waals surface area contributed by atoms with Crippen molar-refractivity contribution in [3.8, 4) is 11.5 Å². The second-order valence-electron chi connectivity index (χ2n) is 4.58. The lowest BCUT2D eigenvalue weighted by Gasteiger charge is -2.11. The average molecular weight is 276 g/mol. The van der Waals surface area contributed by atoms with Crippen LogP contribution >= 0.6 is 0 Å². The van der Waals surface area contributed by atoms with Crippen LogP contribution in [0.4, 0.5) is 0 Å². The Morgan fingerprint density at radius 2 is 1.95 bits per heavy atom. The lowest BCUT2D eigenvalue weighted by Crippen LogP contribution is -2.14. The zero-order chi connectivity index (χ0) is 14.5. The molecule has 1 aromatic heterocycles. The molecule has 0 atom stereocenters. The Bertz CT molecular complexity index is 559. The van der Waals surface area contributed by atoms with Gasteiger partial charge in [0.15, 0.2) is 0 Å². The summed E-state index contributed by atoms with van der Waals surface area (Å²) in [7, 11) is 3.30. The molecule has 0 radical (unpaired) electrons. The normalized spacial score (nSPS) is 10.6. The van der Waals surface area contributed by atoms with Crippen molar-refractivity contribution in [3.05, 3.63) is 40.8 Å². The fraction of sp³-hybridized carbons (Fsp3) is 0.400. The molecule has 0 fully saturated rings. The summed E-state index contributed by atoms with van der Waals surface area (Å²) in [5.74, 6) is 2.46. The van der Waals surface area contributed by atoms with Gasteiger partial charge in [-0.15, -0.1) is 0 Å². The first-order valence-corrected chi connectivity index (χ1v) is 6.49. The number of rotatable bonds is 6. The molecular formula is C15H20N2O3. The van der Waals surface area contributed by atoms with Crippen molar-refractivity contribution in [1.29, 1.82) is 0 Å². The monoisotopic (exact) mass is 276 g/mol. The third-order valence-corrected chi connectivity index (χ3v) is 3.29. The first-order valence-electron chi connectivity index (χ1n) is 6.49.